The first-order valence-corrected chi connectivity index (χ1v) is 13.2. The van der Waals surface area contributed by atoms with E-state index in [0.29, 0.717) is 38.9 Å². The van der Waals surface area contributed by atoms with E-state index in [1.165, 1.54) is 36.3 Å². The molecule has 1 amide bonds. The molecule has 0 bridgehead atoms. The summed E-state index contributed by atoms with van der Waals surface area (Å²) >= 11 is 7.26. The van der Waals surface area contributed by atoms with Gasteiger partial charge in [0.05, 0.1) is 28.3 Å². The third-order valence-electron chi connectivity index (χ3n) is 7.44. The van der Waals surface area contributed by atoms with E-state index < -0.39 is 35.7 Å². The number of amides is 1. The first-order valence-electron chi connectivity index (χ1n) is 12.0. The maximum Gasteiger partial charge on any atom is 0.327 e. The maximum absolute atomic E-state index is 14.2. The molecule has 0 radical (unpaired) electrons. The van der Waals surface area contributed by atoms with E-state index in [-0.39, 0.29) is 17.6 Å². The van der Waals surface area contributed by atoms with E-state index in [9.17, 15) is 23.9 Å². The fraction of sp³-hybridized carbons (Fsp3) is 0.321. The molecule has 3 aromatic rings. The third kappa shape index (κ3) is 4.64. The van der Waals surface area contributed by atoms with Crippen LogP contribution in [0.5, 0.6) is 5.75 Å². The summed E-state index contributed by atoms with van der Waals surface area (Å²) in [5, 5.41) is 10.5. The molecule has 2 heterocycles. The number of methoxy groups -OCH3 is 1. The topological polar surface area (TPSA) is 83.9 Å². The van der Waals surface area contributed by atoms with Gasteiger partial charge in [0.25, 0.3) is 0 Å². The number of carbonyl (C=O) groups excluding carboxylic acids is 2. The van der Waals surface area contributed by atoms with Crippen molar-refractivity contribution in [2.24, 2.45) is 11.8 Å². The summed E-state index contributed by atoms with van der Waals surface area (Å²) in [6, 6.07) is 13.5. The molecule has 9 heteroatoms. The van der Waals surface area contributed by atoms with E-state index >= 15 is 0 Å². The van der Waals surface area contributed by atoms with Gasteiger partial charge in [-0.15, -0.1) is 11.3 Å². The number of ether oxygens (including phenoxy) is 1. The molecule has 1 saturated carbocycles. The monoisotopic (exact) mass is 541 g/mol. The Morgan fingerprint density at radius 1 is 1.05 bits per heavy atom. The van der Waals surface area contributed by atoms with Crippen LogP contribution in [0.4, 0.5) is 4.39 Å². The molecule has 1 N–H and O–H groups in total. The lowest BCUT2D eigenvalue weighted by atomic mass is 9.77. The van der Waals surface area contributed by atoms with E-state index in [2.05, 4.69) is 0 Å². The van der Waals surface area contributed by atoms with Crippen molar-refractivity contribution in [3.05, 3.63) is 86.8 Å². The van der Waals surface area contributed by atoms with Crippen molar-refractivity contribution in [2.45, 2.75) is 37.3 Å². The van der Waals surface area contributed by atoms with Crippen LogP contribution in [0.1, 0.15) is 52.0 Å². The van der Waals surface area contributed by atoms with Gasteiger partial charge in [0.2, 0.25) is 5.91 Å². The summed E-state index contributed by atoms with van der Waals surface area (Å²) in [6.45, 7) is 0. The number of Topliss-reactive ketones (excluding diaryl/α,β-unsaturated/α-hetero) is 1. The van der Waals surface area contributed by atoms with Crippen LogP contribution in [0.15, 0.2) is 60.7 Å². The molecule has 37 heavy (non-hydrogen) atoms. The van der Waals surface area contributed by atoms with Crippen molar-refractivity contribution in [1.29, 1.82) is 0 Å². The Hall–Kier alpha value is -3.23. The number of carboxylic acids is 1. The first-order chi connectivity index (χ1) is 17.8. The largest absolute Gasteiger partial charge is 0.497 e. The van der Waals surface area contributed by atoms with Gasteiger partial charge in [-0.05, 0) is 60.4 Å². The number of thiophene rings is 1. The van der Waals surface area contributed by atoms with Gasteiger partial charge in [-0.2, -0.15) is 0 Å². The summed E-state index contributed by atoms with van der Waals surface area (Å²) in [7, 11) is 1.51. The minimum Gasteiger partial charge on any atom is -0.497 e. The molecule has 5 rings (SSSR count). The molecule has 0 spiro atoms. The number of carboxylic acid groups (broad SMARTS) is 1. The second-order valence-corrected chi connectivity index (χ2v) is 11.2. The van der Waals surface area contributed by atoms with E-state index in [1.807, 2.05) is 0 Å². The molecular weight excluding hydrogens is 517 g/mol. The van der Waals surface area contributed by atoms with Crippen LogP contribution >= 0.6 is 22.9 Å². The minimum absolute atomic E-state index is 0.291. The molecule has 2 aromatic carbocycles. The molecule has 4 atom stereocenters. The summed E-state index contributed by atoms with van der Waals surface area (Å²) in [5.74, 6) is -3.89. The lowest BCUT2D eigenvalue weighted by Crippen LogP contribution is -2.47. The predicted molar refractivity (Wildman–Crippen MR) is 138 cm³/mol. The standard InChI is InChI=1S/C28H25ClFNO5S/c1-36-19-7-3-6-17(14-19)22-23(26(32)20-12-13-21(29)37-20)24(15-8-10-18(30)11-9-15)31(25(22)28(34)35)27(33)16-4-2-5-16/h3,6-14,16,22-25H,2,4-5H2,1H3,(H,34,35). The Kier molecular flexibility index (Phi) is 7.05. The van der Waals surface area contributed by atoms with Crippen LogP contribution in [0, 0.1) is 17.7 Å². The van der Waals surface area contributed by atoms with Gasteiger partial charge >= 0.3 is 5.97 Å². The zero-order chi connectivity index (χ0) is 26.3. The molecule has 6 nitrogen and oxygen atoms in total. The van der Waals surface area contributed by atoms with E-state index in [0.717, 1.165) is 17.8 Å². The van der Waals surface area contributed by atoms with Crippen LogP contribution in [-0.2, 0) is 9.59 Å². The zero-order valence-electron chi connectivity index (χ0n) is 20.0. The van der Waals surface area contributed by atoms with Crippen LogP contribution in [0.2, 0.25) is 4.34 Å². The number of hydrogen-bond donors (Lipinski definition) is 1. The lowest BCUT2D eigenvalue weighted by molar-refractivity contribution is -0.153. The number of carbonyl (C=O) groups is 3. The van der Waals surface area contributed by atoms with Crippen molar-refractivity contribution < 1.29 is 28.6 Å². The number of hydrogen-bond acceptors (Lipinski definition) is 5. The summed E-state index contributed by atoms with van der Waals surface area (Å²) in [6.07, 6.45) is 2.22. The van der Waals surface area contributed by atoms with Crippen LogP contribution in [0.25, 0.3) is 0 Å². The first kappa shape index (κ1) is 25.4. The fourth-order valence-corrected chi connectivity index (χ4v) is 6.54. The summed E-state index contributed by atoms with van der Waals surface area (Å²) in [4.78, 5) is 42.6. The molecule has 1 saturated heterocycles. The van der Waals surface area contributed by atoms with Gasteiger partial charge in [0, 0.05) is 11.8 Å². The molecule has 1 aliphatic carbocycles. The van der Waals surface area contributed by atoms with Crippen molar-refractivity contribution in [3.8, 4) is 5.75 Å². The molecular formula is C28H25ClFNO5S. The normalized spacial score (nSPS) is 23.5. The summed E-state index contributed by atoms with van der Waals surface area (Å²) < 4.78 is 19.7. The van der Waals surface area contributed by atoms with E-state index in [4.69, 9.17) is 16.3 Å². The van der Waals surface area contributed by atoms with Gasteiger partial charge in [-0.1, -0.05) is 42.3 Å². The van der Waals surface area contributed by atoms with Gasteiger partial charge in [-0.3, -0.25) is 9.59 Å². The van der Waals surface area contributed by atoms with Crippen LogP contribution in [-0.4, -0.2) is 40.8 Å². The van der Waals surface area contributed by atoms with Crippen molar-refractivity contribution in [2.75, 3.05) is 7.11 Å². The Balaban J connectivity index is 1.74. The lowest BCUT2D eigenvalue weighted by Gasteiger charge is -2.36. The van der Waals surface area contributed by atoms with E-state index in [1.54, 1.807) is 36.4 Å². The highest BCUT2D eigenvalue weighted by Gasteiger charge is 2.58. The molecule has 2 aliphatic rings. The highest BCUT2D eigenvalue weighted by Crippen LogP contribution is 2.53. The maximum atomic E-state index is 14.2. The van der Waals surface area contributed by atoms with Gasteiger partial charge in [0.15, 0.2) is 5.78 Å². The number of halogens is 2. The van der Waals surface area contributed by atoms with Gasteiger partial charge in [0.1, 0.15) is 17.6 Å². The Morgan fingerprint density at radius 3 is 2.35 bits per heavy atom. The van der Waals surface area contributed by atoms with Crippen molar-refractivity contribution in [3.63, 3.8) is 0 Å². The van der Waals surface area contributed by atoms with Crippen molar-refractivity contribution >= 4 is 40.6 Å². The third-order valence-corrected chi connectivity index (χ3v) is 8.68. The quantitative estimate of drug-likeness (QED) is 0.373. The Labute approximate surface area is 222 Å². The second-order valence-electron chi connectivity index (χ2n) is 9.45. The molecule has 2 fully saturated rings. The number of nitrogens with zero attached hydrogens (tertiary/aromatic N) is 1. The smallest absolute Gasteiger partial charge is 0.327 e. The fourth-order valence-electron chi connectivity index (χ4n) is 5.51. The predicted octanol–water partition coefficient (Wildman–Crippen LogP) is 5.97. The highest BCUT2D eigenvalue weighted by atomic mass is 35.5. The number of ketones is 1. The van der Waals surface area contributed by atoms with Crippen LogP contribution < -0.4 is 4.74 Å². The minimum atomic E-state index is -1.31. The molecule has 1 aromatic heterocycles. The number of aliphatic carboxylic acids is 1. The highest BCUT2D eigenvalue weighted by molar-refractivity contribution is 7.18. The van der Waals surface area contributed by atoms with Gasteiger partial charge < -0.3 is 14.7 Å². The number of likely N-dealkylation sites (tertiary alicyclic amines) is 1. The Bertz CT molecular complexity index is 1340. The van der Waals surface area contributed by atoms with Crippen LogP contribution in [0.3, 0.4) is 0 Å². The molecule has 1 aliphatic heterocycles. The molecule has 4 unspecified atom stereocenters. The Morgan fingerprint density at radius 2 is 1.78 bits per heavy atom. The second kappa shape index (κ2) is 10.3. The van der Waals surface area contributed by atoms with Crippen molar-refractivity contribution in [1.82, 2.24) is 4.90 Å². The zero-order valence-corrected chi connectivity index (χ0v) is 21.5. The average molecular weight is 542 g/mol. The average Bonchev–Trinajstić information content (AvgIpc) is 3.45. The molecule has 192 valence electrons. The van der Waals surface area contributed by atoms with Gasteiger partial charge in [-0.25, -0.2) is 9.18 Å². The number of rotatable bonds is 7. The SMILES string of the molecule is COc1cccc(C2C(C(=O)c3ccc(Cl)s3)C(c3ccc(F)cc3)N(C(=O)C3CCC3)C2C(=O)O)c1. The number of benzene rings is 2. The summed E-state index contributed by atoms with van der Waals surface area (Å²) in [5.41, 5.74) is 1.08.